The highest BCUT2D eigenvalue weighted by Gasteiger charge is 2.04. The maximum absolute atomic E-state index is 12.8. The van der Waals surface area contributed by atoms with Crippen molar-refractivity contribution in [3.8, 4) is 0 Å². The average molecular weight is 334 g/mol. The van der Waals surface area contributed by atoms with Crippen LogP contribution in [0.2, 0.25) is 0 Å². The Morgan fingerprint density at radius 3 is 2.65 bits per heavy atom. The zero-order chi connectivity index (χ0) is 16.5. The van der Waals surface area contributed by atoms with Crippen molar-refractivity contribution in [2.24, 2.45) is 4.99 Å². The molecule has 0 aliphatic heterocycles. The zero-order valence-corrected chi connectivity index (χ0v) is 13.6. The molecule has 0 aliphatic carbocycles. The fourth-order valence-corrected chi connectivity index (χ4v) is 2.45. The summed E-state index contributed by atoms with van der Waals surface area (Å²) < 4.78 is 12.8. The van der Waals surface area contributed by atoms with Crippen molar-refractivity contribution in [3.63, 3.8) is 0 Å². The van der Waals surface area contributed by atoms with Crippen LogP contribution in [-0.4, -0.2) is 25.0 Å². The minimum Gasteiger partial charge on any atom is -0.357 e. The van der Waals surface area contributed by atoms with Gasteiger partial charge in [0.1, 0.15) is 12.4 Å². The van der Waals surface area contributed by atoms with Gasteiger partial charge in [-0.25, -0.2) is 9.38 Å². The molecule has 0 spiro atoms. The second kappa shape index (κ2) is 8.89. The molecule has 1 heterocycles. The molecular formula is C16H19FN4OS. The van der Waals surface area contributed by atoms with E-state index in [2.05, 4.69) is 20.9 Å². The summed E-state index contributed by atoms with van der Waals surface area (Å²) in [4.78, 5) is 17.3. The highest BCUT2D eigenvalue weighted by atomic mass is 32.1. The number of carbonyl (C=O) groups is 1. The van der Waals surface area contributed by atoms with Gasteiger partial charge in [0.05, 0.1) is 6.54 Å². The van der Waals surface area contributed by atoms with Crippen molar-refractivity contribution < 1.29 is 9.18 Å². The summed E-state index contributed by atoms with van der Waals surface area (Å²) in [5.41, 5.74) is 0.545. The van der Waals surface area contributed by atoms with Crippen LogP contribution in [0.15, 0.2) is 46.8 Å². The van der Waals surface area contributed by atoms with E-state index in [9.17, 15) is 9.18 Å². The predicted octanol–water partition coefficient (Wildman–Crippen LogP) is 2.58. The summed E-state index contributed by atoms with van der Waals surface area (Å²) in [5, 5.41) is 10.9. The van der Waals surface area contributed by atoms with Crippen molar-refractivity contribution in [3.05, 3.63) is 52.5 Å². The summed E-state index contributed by atoms with van der Waals surface area (Å²) in [6, 6.07) is 9.63. The lowest BCUT2D eigenvalue weighted by atomic mass is 10.3. The quantitative estimate of drug-likeness (QED) is 0.562. The molecule has 2 rings (SSSR count). The van der Waals surface area contributed by atoms with E-state index in [4.69, 9.17) is 0 Å². The number of aliphatic imine (C=N–C) groups is 1. The fourth-order valence-electron chi connectivity index (χ4n) is 1.81. The number of nitrogens with zero attached hydrogens (tertiary/aromatic N) is 1. The lowest BCUT2D eigenvalue weighted by Gasteiger charge is -2.10. The summed E-state index contributed by atoms with van der Waals surface area (Å²) >= 11 is 1.66. The molecule has 122 valence electrons. The van der Waals surface area contributed by atoms with Gasteiger partial charge in [0, 0.05) is 17.1 Å². The highest BCUT2D eigenvalue weighted by molar-refractivity contribution is 7.09. The second-order valence-electron chi connectivity index (χ2n) is 4.68. The SMILES string of the molecule is CCNC(=NCC(=O)Nc1ccc(F)cc1)NCc1cccs1. The maximum atomic E-state index is 12.8. The molecule has 0 aliphatic rings. The number of anilines is 1. The van der Waals surface area contributed by atoms with E-state index in [0.717, 1.165) is 0 Å². The van der Waals surface area contributed by atoms with Crippen molar-refractivity contribution in [1.29, 1.82) is 0 Å². The smallest absolute Gasteiger partial charge is 0.246 e. The minimum absolute atomic E-state index is 0.0167. The molecule has 7 heteroatoms. The van der Waals surface area contributed by atoms with Crippen LogP contribution in [0, 0.1) is 5.82 Å². The molecule has 3 N–H and O–H groups in total. The van der Waals surface area contributed by atoms with Crippen molar-refractivity contribution in [2.75, 3.05) is 18.4 Å². The number of thiophene rings is 1. The van der Waals surface area contributed by atoms with Gasteiger partial charge < -0.3 is 16.0 Å². The Hall–Kier alpha value is -2.41. The number of hydrogen-bond donors (Lipinski definition) is 3. The Labute approximate surface area is 138 Å². The molecule has 1 amide bonds. The van der Waals surface area contributed by atoms with Crippen LogP contribution in [0.4, 0.5) is 10.1 Å². The van der Waals surface area contributed by atoms with Gasteiger partial charge in [-0.05, 0) is 42.6 Å². The number of benzene rings is 1. The molecule has 5 nitrogen and oxygen atoms in total. The summed E-state index contributed by atoms with van der Waals surface area (Å²) in [5.74, 6) is -0.0201. The molecule has 23 heavy (non-hydrogen) atoms. The van der Waals surface area contributed by atoms with Crippen molar-refractivity contribution in [2.45, 2.75) is 13.5 Å². The van der Waals surface area contributed by atoms with E-state index in [1.54, 1.807) is 11.3 Å². The molecule has 1 aromatic carbocycles. The first kappa shape index (κ1) is 17.0. The molecule has 0 bridgehead atoms. The zero-order valence-electron chi connectivity index (χ0n) is 12.8. The molecule has 0 saturated carbocycles. The normalized spacial score (nSPS) is 11.1. The van der Waals surface area contributed by atoms with Crippen LogP contribution in [0.3, 0.4) is 0 Å². The van der Waals surface area contributed by atoms with Gasteiger partial charge >= 0.3 is 0 Å². The maximum Gasteiger partial charge on any atom is 0.246 e. The first-order valence-corrected chi connectivity index (χ1v) is 8.15. The molecular weight excluding hydrogens is 315 g/mol. The van der Waals surface area contributed by atoms with Crippen LogP contribution in [0.25, 0.3) is 0 Å². The van der Waals surface area contributed by atoms with Crippen LogP contribution in [-0.2, 0) is 11.3 Å². The molecule has 2 aromatic rings. The number of guanidine groups is 1. The molecule has 0 atom stereocenters. The van der Waals surface area contributed by atoms with E-state index >= 15 is 0 Å². The summed E-state index contributed by atoms with van der Waals surface area (Å²) in [6.07, 6.45) is 0. The van der Waals surface area contributed by atoms with Gasteiger partial charge in [-0.1, -0.05) is 6.07 Å². The van der Waals surface area contributed by atoms with Gasteiger partial charge in [-0.2, -0.15) is 0 Å². The third-order valence-electron chi connectivity index (χ3n) is 2.86. The monoisotopic (exact) mass is 334 g/mol. The van der Waals surface area contributed by atoms with Crippen molar-refractivity contribution in [1.82, 2.24) is 10.6 Å². The minimum atomic E-state index is -0.340. The molecule has 1 aromatic heterocycles. The number of halogens is 1. The van der Waals surface area contributed by atoms with Crippen molar-refractivity contribution >= 4 is 28.9 Å². The van der Waals surface area contributed by atoms with Gasteiger partial charge in [0.25, 0.3) is 0 Å². The summed E-state index contributed by atoms with van der Waals surface area (Å²) in [6.45, 7) is 3.30. The van der Waals surface area contributed by atoms with Crippen LogP contribution >= 0.6 is 11.3 Å². The van der Waals surface area contributed by atoms with E-state index in [1.165, 1.54) is 29.1 Å². The van der Waals surface area contributed by atoms with E-state index in [-0.39, 0.29) is 18.3 Å². The number of hydrogen-bond acceptors (Lipinski definition) is 3. The Kier molecular flexibility index (Phi) is 6.56. The number of carbonyl (C=O) groups excluding carboxylic acids is 1. The molecule has 0 unspecified atom stereocenters. The van der Waals surface area contributed by atoms with E-state index < -0.39 is 0 Å². The first-order chi connectivity index (χ1) is 11.2. The summed E-state index contributed by atoms with van der Waals surface area (Å²) in [7, 11) is 0. The van der Waals surface area contributed by atoms with Gasteiger partial charge in [-0.3, -0.25) is 4.79 Å². The first-order valence-electron chi connectivity index (χ1n) is 7.27. The highest BCUT2D eigenvalue weighted by Crippen LogP contribution is 2.08. The largest absolute Gasteiger partial charge is 0.357 e. The lowest BCUT2D eigenvalue weighted by molar-refractivity contribution is -0.114. The van der Waals surface area contributed by atoms with Gasteiger partial charge in [0.15, 0.2) is 5.96 Å². The second-order valence-corrected chi connectivity index (χ2v) is 5.72. The van der Waals surface area contributed by atoms with Crippen LogP contribution in [0.1, 0.15) is 11.8 Å². The number of amides is 1. The topological polar surface area (TPSA) is 65.5 Å². The standard InChI is InChI=1S/C16H19FN4OS/c1-2-18-16(19-10-14-4-3-9-23-14)20-11-15(22)21-13-7-5-12(17)6-8-13/h3-9H,2,10-11H2,1H3,(H,21,22)(H2,18,19,20). The predicted molar refractivity (Wildman–Crippen MR) is 92.2 cm³/mol. The van der Waals surface area contributed by atoms with Crippen LogP contribution in [0.5, 0.6) is 0 Å². The molecule has 0 radical (unpaired) electrons. The molecule has 0 fully saturated rings. The Morgan fingerprint density at radius 2 is 2.00 bits per heavy atom. The Balaban J connectivity index is 1.85. The number of rotatable bonds is 6. The Morgan fingerprint density at radius 1 is 1.22 bits per heavy atom. The van der Waals surface area contributed by atoms with E-state index in [1.807, 2.05) is 24.4 Å². The molecule has 0 saturated heterocycles. The lowest BCUT2D eigenvalue weighted by Crippen LogP contribution is -2.37. The average Bonchev–Trinajstić information content (AvgIpc) is 3.06. The van der Waals surface area contributed by atoms with Crippen LogP contribution < -0.4 is 16.0 Å². The third kappa shape index (κ3) is 6.07. The number of nitrogens with one attached hydrogen (secondary N) is 3. The van der Waals surface area contributed by atoms with Gasteiger partial charge in [0.2, 0.25) is 5.91 Å². The van der Waals surface area contributed by atoms with E-state index in [0.29, 0.717) is 24.7 Å². The van der Waals surface area contributed by atoms with Gasteiger partial charge in [-0.15, -0.1) is 11.3 Å². The Bertz CT molecular complexity index is 641. The third-order valence-corrected chi connectivity index (χ3v) is 3.74. The fraction of sp³-hybridized carbons (Fsp3) is 0.250.